The molecule has 0 aliphatic carbocycles. The van der Waals surface area contributed by atoms with Crippen LogP contribution in [-0.2, 0) is 22.6 Å². The van der Waals surface area contributed by atoms with Gasteiger partial charge in [-0.1, -0.05) is 6.07 Å². The van der Waals surface area contributed by atoms with Crippen LogP contribution in [0.2, 0.25) is 0 Å². The average Bonchev–Trinajstić information content (AvgIpc) is 2.87. The predicted molar refractivity (Wildman–Crippen MR) is 71.3 cm³/mol. The molecule has 0 aromatic carbocycles. The van der Waals surface area contributed by atoms with E-state index in [-0.39, 0.29) is 5.79 Å². The van der Waals surface area contributed by atoms with Crippen molar-refractivity contribution in [2.24, 2.45) is 5.73 Å². The van der Waals surface area contributed by atoms with Gasteiger partial charge in [0.25, 0.3) is 0 Å². The Labute approximate surface area is 113 Å². The molecule has 1 spiro atoms. The molecule has 0 bridgehead atoms. The fourth-order valence-electron chi connectivity index (χ4n) is 2.98. The summed E-state index contributed by atoms with van der Waals surface area (Å²) in [6.07, 6.45) is 3.91. The first-order chi connectivity index (χ1) is 9.31. The van der Waals surface area contributed by atoms with E-state index in [2.05, 4.69) is 16.0 Å². The third kappa shape index (κ3) is 2.79. The monoisotopic (exact) mass is 263 g/mol. The molecule has 19 heavy (non-hydrogen) atoms. The first-order valence-corrected chi connectivity index (χ1v) is 6.94. The number of piperidine rings is 1. The van der Waals surface area contributed by atoms with Crippen LogP contribution >= 0.6 is 0 Å². The Morgan fingerprint density at radius 1 is 1.37 bits per heavy atom. The number of nitrogens with zero attached hydrogens (tertiary/aromatic N) is 2. The minimum atomic E-state index is -0.358. The molecule has 3 rings (SSSR count). The van der Waals surface area contributed by atoms with Crippen molar-refractivity contribution in [3.8, 4) is 0 Å². The van der Waals surface area contributed by atoms with Crippen molar-refractivity contribution in [1.29, 1.82) is 0 Å². The quantitative estimate of drug-likeness (QED) is 0.877. The highest BCUT2D eigenvalue weighted by Crippen LogP contribution is 2.30. The Kier molecular flexibility index (Phi) is 3.79. The largest absolute Gasteiger partial charge is 0.346 e. The standard InChI is InChI=1S/C14H21N3O2/c15-9-13-12(3-1-5-16-13)10-17-6-2-4-14(11-17)18-7-8-19-14/h1,3,5H,2,4,6-11,15H2. The van der Waals surface area contributed by atoms with Crippen LogP contribution < -0.4 is 5.73 Å². The summed E-state index contributed by atoms with van der Waals surface area (Å²) in [6.45, 7) is 4.71. The number of hydrogen-bond acceptors (Lipinski definition) is 5. The normalized spacial score (nSPS) is 23.0. The lowest BCUT2D eigenvalue weighted by Gasteiger charge is -2.38. The van der Waals surface area contributed by atoms with E-state index in [9.17, 15) is 0 Å². The summed E-state index contributed by atoms with van der Waals surface area (Å²) in [5, 5.41) is 0. The number of pyridine rings is 1. The van der Waals surface area contributed by atoms with Crippen molar-refractivity contribution in [2.75, 3.05) is 26.3 Å². The molecule has 0 atom stereocenters. The minimum Gasteiger partial charge on any atom is -0.346 e. The van der Waals surface area contributed by atoms with Crippen LogP contribution in [0.3, 0.4) is 0 Å². The number of rotatable bonds is 3. The number of likely N-dealkylation sites (tertiary alicyclic amines) is 1. The molecule has 2 N–H and O–H groups in total. The zero-order valence-electron chi connectivity index (χ0n) is 11.2. The summed E-state index contributed by atoms with van der Waals surface area (Å²) in [5.74, 6) is -0.358. The zero-order chi connectivity index (χ0) is 13.1. The summed E-state index contributed by atoms with van der Waals surface area (Å²) in [6, 6.07) is 4.07. The summed E-state index contributed by atoms with van der Waals surface area (Å²) < 4.78 is 11.6. The van der Waals surface area contributed by atoms with Crippen molar-refractivity contribution < 1.29 is 9.47 Å². The second-order valence-corrected chi connectivity index (χ2v) is 5.24. The summed E-state index contributed by atoms with van der Waals surface area (Å²) >= 11 is 0. The lowest BCUT2D eigenvalue weighted by Crippen LogP contribution is -2.48. The van der Waals surface area contributed by atoms with E-state index >= 15 is 0 Å². The smallest absolute Gasteiger partial charge is 0.181 e. The van der Waals surface area contributed by atoms with Gasteiger partial charge in [0.1, 0.15) is 0 Å². The number of ether oxygens (including phenoxy) is 2. The lowest BCUT2D eigenvalue weighted by molar-refractivity contribution is -0.190. The van der Waals surface area contributed by atoms with Crippen molar-refractivity contribution in [2.45, 2.75) is 31.7 Å². The SMILES string of the molecule is NCc1ncccc1CN1CCCC2(C1)OCCO2. The third-order valence-corrected chi connectivity index (χ3v) is 3.88. The second kappa shape index (κ2) is 5.54. The maximum absolute atomic E-state index is 5.80. The number of aromatic nitrogens is 1. The van der Waals surface area contributed by atoms with Crippen molar-refractivity contribution in [3.63, 3.8) is 0 Å². The first kappa shape index (κ1) is 13.0. The molecule has 0 amide bonds. The zero-order valence-corrected chi connectivity index (χ0v) is 11.2. The van der Waals surface area contributed by atoms with Gasteiger partial charge in [0.05, 0.1) is 25.5 Å². The van der Waals surface area contributed by atoms with Gasteiger partial charge in [0, 0.05) is 25.7 Å². The van der Waals surface area contributed by atoms with Gasteiger partial charge in [0.15, 0.2) is 5.79 Å². The summed E-state index contributed by atoms with van der Waals surface area (Å²) in [7, 11) is 0. The van der Waals surface area contributed by atoms with Gasteiger partial charge in [0.2, 0.25) is 0 Å². The Bertz CT molecular complexity index is 432. The summed E-state index contributed by atoms with van der Waals surface area (Å²) in [5.41, 5.74) is 7.93. The highest BCUT2D eigenvalue weighted by molar-refractivity contribution is 5.19. The van der Waals surface area contributed by atoms with E-state index in [1.807, 2.05) is 6.07 Å². The van der Waals surface area contributed by atoms with Gasteiger partial charge in [-0.2, -0.15) is 0 Å². The molecular weight excluding hydrogens is 242 g/mol. The first-order valence-electron chi connectivity index (χ1n) is 6.94. The van der Waals surface area contributed by atoms with E-state index in [1.54, 1.807) is 6.20 Å². The Morgan fingerprint density at radius 3 is 3.00 bits per heavy atom. The number of hydrogen-bond donors (Lipinski definition) is 1. The van der Waals surface area contributed by atoms with E-state index < -0.39 is 0 Å². The van der Waals surface area contributed by atoms with Crippen molar-refractivity contribution >= 4 is 0 Å². The Hall–Kier alpha value is -1.01. The third-order valence-electron chi connectivity index (χ3n) is 3.88. The molecule has 1 aromatic heterocycles. The molecule has 3 heterocycles. The molecule has 2 aliphatic rings. The molecule has 2 aliphatic heterocycles. The molecule has 2 fully saturated rings. The lowest BCUT2D eigenvalue weighted by atomic mass is 10.0. The molecule has 0 saturated carbocycles. The van der Waals surface area contributed by atoms with Gasteiger partial charge >= 0.3 is 0 Å². The van der Waals surface area contributed by atoms with Gasteiger partial charge in [-0.15, -0.1) is 0 Å². The van der Waals surface area contributed by atoms with Crippen LogP contribution in [0, 0.1) is 0 Å². The Morgan fingerprint density at radius 2 is 2.21 bits per heavy atom. The maximum Gasteiger partial charge on any atom is 0.181 e. The second-order valence-electron chi connectivity index (χ2n) is 5.24. The van der Waals surface area contributed by atoms with Gasteiger partial charge in [-0.05, 0) is 24.6 Å². The molecular formula is C14H21N3O2. The predicted octanol–water partition coefficient (Wildman–Crippen LogP) is 0.879. The molecule has 2 saturated heterocycles. The average molecular weight is 263 g/mol. The maximum atomic E-state index is 5.80. The van der Waals surface area contributed by atoms with Gasteiger partial charge in [-0.3, -0.25) is 9.88 Å². The van der Waals surface area contributed by atoms with Gasteiger partial charge in [-0.25, -0.2) is 0 Å². The van der Waals surface area contributed by atoms with Gasteiger partial charge < -0.3 is 15.2 Å². The van der Waals surface area contributed by atoms with E-state index in [0.717, 1.165) is 51.4 Å². The van der Waals surface area contributed by atoms with Crippen molar-refractivity contribution in [3.05, 3.63) is 29.6 Å². The van der Waals surface area contributed by atoms with Crippen LogP contribution in [0.1, 0.15) is 24.1 Å². The highest BCUT2D eigenvalue weighted by atomic mass is 16.7. The van der Waals surface area contributed by atoms with E-state index in [4.69, 9.17) is 15.2 Å². The van der Waals surface area contributed by atoms with Crippen molar-refractivity contribution in [1.82, 2.24) is 9.88 Å². The Balaban J connectivity index is 1.69. The highest BCUT2D eigenvalue weighted by Gasteiger charge is 2.40. The minimum absolute atomic E-state index is 0.358. The van der Waals surface area contributed by atoms with Crippen LogP contribution in [0.25, 0.3) is 0 Å². The topological polar surface area (TPSA) is 60.6 Å². The van der Waals surface area contributed by atoms with E-state index in [1.165, 1.54) is 5.56 Å². The van der Waals surface area contributed by atoms with Crippen LogP contribution in [0.5, 0.6) is 0 Å². The van der Waals surface area contributed by atoms with Crippen LogP contribution in [-0.4, -0.2) is 42.0 Å². The number of nitrogens with two attached hydrogens (primary N) is 1. The summed E-state index contributed by atoms with van der Waals surface area (Å²) in [4.78, 5) is 6.72. The molecule has 0 unspecified atom stereocenters. The fraction of sp³-hybridized carbons (Fsp3) is 0.643. The van der Waals surface area contributed by atoms with Crippen LogP contribution in [0.4, 0.5) is 0 Å². The van der Waals surface area contributed by atoms with E-state index in [0.29, 0.717) is 6.54 Å². The molecule has 5 nitrogen and oxygen atoms in total. The molecule has 5 heteroatoms. The molecule has 1 aromatic rings. The molecule has 0 radical (unpaired) electrons. The molecule has 104 valence electrons. The van der Waals surface area contributed by atoms with Crippen LogP contribution in [0.15, 0.2) is 18.3 Å². The fourth-order valence-corrected chi connectivity index (χ4v) is 2.98.